The second-order valence-corrected chi connectivity index (χ2v) is 14.3. The molecule has 2 aliphatic heterocycles. The van der Waals surface area contributed by atoms with Gasteiger partial charge in [0.25, 0.3) is 5.91 Å². The number of fused-ring (bicyclic) bond motifs is 1. The topological polar surface area (TPSA) is 152 Å². The van der Waals surface area contributed by atoms with Crippen LogP contribution in [-0.4, -0.2) is 64.3 Å². The molecule has 3 aromatic carbocycles. The maximum atomic E-state index is 14.7. The molecule has 2 heterocycles. The van der Waals surface area contributed by atoms with Crippen molar-refractivity contribution in [2.24, 2.45) is 0 Å². The van der Waals surface area contributed by atoms with Crippen molar-refractivity contribution >= 4 is 39.1 Å². The molecular weight excluding hydrogens is 624 g/mol. The number of benzene rings is 3. The Bertz CT molecular complexity index is 1810. The first-order chi connectivity index (χ1) is 22.4. The van der Waals surface area contributed by atoms with Gasteiger partial charge in [-0.1, -0.05) is 12.1 Å². The van der Waals surface area contributed by atoms with Crippen molar-refractivity contribution in [3.8, 4) is 11.5 Å². The van der Waals surface area contributed by atoms with Crippen LogP contribution in [0, 0.1) is 0 Å². The van der Waals surface area contributed by atoms with E-state index < -0.39 is 33.3 Å². The number of sulfone groups is 1. The van der Waals surface area contributed by atoms with Crippen molar-refractivity contribution in [1.29, 1.82) is 0 Å². The Morgan fingerprint density at radius 2 is 1.66 bits per heavy atom. The molecule has 0 saturated carbocycles. The Labute approximate surface area is 274 Å². The van der Waals surface area contributed by atoms with Crippen LogP contribution in [-0.2, 0) is 19.4 Å². The van der Waals surface area contributed by atoms with Crippen LogP contribution in [0.2, 0.25) is 0 Å². The number of methoxy groups -OCH3 is 3. The van der Waals surface area contributed by atoms with E-state index in [-0.39, 0.29) is 22.8 Å². The summed E-state index contributed by atoms with van der Waals surface area (Å²) in [4.78, 5) is 41.2. The lowest BCUT2D eigenvalue weighted by atomic mass is 10.00. The van der Waals surface area contributed by atoms with E-state index in [1.165, 1.54) is 33.5 Å². The van der Waals surface area contributed by atoms with Gasteiger partial charge in [-0.3, -0.25) is 14.9 Å². The van der Waals surface area contributed by atoms with Crippen molar-refractivity contribution in [1.82, 2.24) is 10.2 Å². The van der Waals surface area contributed by atoms with E-state index in [0.29, 0.717) is 59.0 Å². The lowest BCUT2D eigenvalue weighted by Crippen LogP contribution is -2.38. The number of likely N-dealkylation sites (tertiary alicyclic amines) is 1. The van der Waals surface area contributed by atoms with Gasteiger partial charge in [0.05, 0.1) is 43.6 Å². The average Bonchev–Trinajstić information content (AvgIpc) is 3.66. The van der Waals surface area contributed by atoms with E-state index in [2.05, 4.69) is 16.0 Å². The highest BCUT2D eigenvalue weighted by atomic mass is 32.2. The van der Waals surface area contributed by atoms with Crippen molar-refractivity contribution < 1.29 is 37.0 Å². The molecule has 0 spiro atoms. The zero-order chi connectivity index (χ0) is 34.0. The van der Waals surface area contributed by atoms with E-state index in [9.17, 15) is 22.8 Å². The van der Waals surface area contributed by atoms with Crippen LogP contribution in [0.15, 0.2) is 59.5 Å². The van der Waals surface area contributed by atoms with Crippen molar-refractivity contribution in [3.63, 3.8) is 0 Å². The molecule has 3 N–H and O–H groups in total. The summed E-state index contributed by atoms with van der Waals surface area (Å²) in [5.74, 6) is 0.418. The molecule has 1 fully saturated rings. The predicted molar refractivity (Wildman–Crippen MR) is 177 cm³/mol. The minimum atomic E-state index is -3.76. The highest BCUT2D eigenvalue weighted by Gasteiger charge is 2.38. The SMILES string of the molecule is COC(=O)Nc1ccc(S(=O)(=O)C(C)C)c([C@H]2CCCN2C(=O)C(Nc2ccc3c(c2)C(=O)NC3C)c2ccc(OC)c(OC)c2)c1. The van der Waals surface area contributed by atoms with Crippen LogP contribution < -0.4 is 25.4 Å². The van der Waals surface area contributed by atoms with Crippen LogP contribution in [0.4, 0.5) is 16.2 Å². The van der Waals surface area contributed by atoms with Gasteiger partial charge in [-0.2, -0.15) is 0 Å². The third-order valence-corrected chi connectivity index (χ3v) is 10.9. The molecule has 5 rings (SSSR count). The van der Waals surface area contributed by atoms with E-state index in [4.69, 9.17) is 14.2 Å². The van der Waals surface area contributed by atoms with Crippen molar-refractivity contribution in [2.45, 2.75) is 61.9 Å². The van der Waals surface area contributed by atoms with Gasteiger partial charge in [0.15, 0.2) is 21.3 Å². The Balaban J connectivity index is 1.59. The Kier molecular flexibility index (Phi) is 9.66. The predicted octanol–water partition coefficient (Wildman–Crippen LogP) is 5.39. The van der Waals surface area contributed by atoms with Gasteiger partial charge in [0.2, 0.25) is 5.91 Å². The first-order valence-corrected chi connectivity index (χ1v) is 16.9. The summed E-state index contributed by atoms with van der Waals surface area (Å²) in [6.45, 7) is 5.48. The zero-order valence-corrected chi connectivity index (χ0v) is 28.1. The largest absolute Gasteiger partial charge is 0.493 e. The molecule has 2 aliphatic rings. The van der Waals surface area contributed by atoms with Gasteiger partial charge in [-0.05, 0) is 92.8 Å². The van der Waals surface area contributed by atoms with E-state index in [0.717, 1.165) is 5.56 Å². The number of carbonyl (C=O) groups excluding carboxylic acids is 3. The number of rotatable bonds is 10. The summed E-state index contributed by atoms with van der Waals surface area (Å²) in [6.07, 6.45) is 0.427. The highest BCUT2D eigenvalue weighted by molar-refractivity contribution is 7.92. The molecule has 0 aliphatic carbocycles. The smallest absolute Gasteiger partial charge is 0.411 e. The second-order valence-electron chi connectivity index (χ2n) is 11.8. The van der Waals surface area contributed by atoms with Crippen LogP contribution in [0.25, 0.3) is 0 Å². The first-order valence-electron chi connectivity index (χ1n) is 15.4. The summed E-state index contributed by atoms with van der Waals surface area (Å²) < 4.78 is 42.8. The number of hydrogen-bond donors (Lipinski definition) is 3. The third-order valence-electron chi connectivity index (χ3n) is 8.67. The van der Waals surface area contributed by atoms with Gasteiger partial charge in [0, 0.05) is 23.5 Å². The molecule has 47 heavy (non-hydrogen) atoms. The molecule has 0 aromatic heterocycles. The molecular formula is C34H40N4O8S. The minimum Gasteiger partial charge on any atom is -0.493 e. The number of hydrogen-bond acceptors (Lipinski definition) is 9. The van der Waals surface area contributed by atoms with E-state index >= 15 is 0 Å². The average molecular weight is 665 g/mol. The first kappa shape index (κ1) is 33.6. The summed E-state index contributed by atoms with van der Waals surface area (Å²) >= 11 is 0. The molecule has 1 saturated heterocycles. The standard InChI is InChI=1S/C34H40N4O8S/c1-19(2)47(42,43)30-14-11-23(37-34(41)46-6)18-26(30)27-8-7-15-38(27)33(40)31(21-9-13-28(44-4)29(16-21)45-5)36-22-10-12-24-20(3)35-32(39)25(24)17-22/h9-14,16-20,27,31,36H,7-8,15H2,1-6H3,(H,35,39)(H,37,41)/t20?,27-,31?/m1/s1. The number of ether oxygens (including phenoxy) is 3. The lowest BCUT2D eigenvalue weighted by molar-refractivity contribution is -0.133. The molecule has 3 aromatic rings. The maximum Gasteiger partial charge on any atom is 0.411 e. The van der Waals surface area contributed by atoms with Gasteiger partial charge < -0.3 is 29.7 Å². The number of amides is 3. The van der Waals surface area contributed by atoms with Crippen LogP contribution in [0.5, 0.6) is 11.5 Å². The van der Waals surface area contributed by atoms with Crippen molar-refractivity contribution in [2.75, 3.05) is 38.5 Å². The normalized spacial score (nSPS) is 17.9. The van der Waals surface area contributed by atoms with Gasteiger partial charge in [-0.15, -0.1) is 0 Å². The molecule has 0 radical (unpaired) electrons. The number of carbonyl (C=O) groups is 3. The van der Waals surface area contributed by atoms with Crippen LogP contribution in [0.1, 0.15) is 78.8 Å². The van der Waals surface area contributed by atoms with Gasteiger partial charge in [0.1, 0.15) is 6.04 Å². The van der Waals surface area contributed by atoms with E-state index in [1.807, 2.05) is 19.1 Å². The van der Waals surface area contributed by atoms with Gasteiger partial charge in [-0.25, -0.2) is 13.2 Å². The molecule has 13 heteroatoms. The number of nitrogens with one attached hydrogen (secondary N) is 3. The molecule has 3 amide bonds. The molecule has 3 atom stereocenters. The number of nitrogens with zero attached hydrogens (tertiary/aromatic N) is 1. The second kappa shape index (κ2) is 13.5. The Morgan fingerprint density at radius 3 is 2.34 bits per heavy atom. The maximum absolute atomic E-state index is 14.7. The van der Waals surface area contributed by atoms with Crippen LogP contribution >= 0.6 is 0 Å². The lowest BCUT2D eigenvalue weighted by Gasteiger charge is -2.32. The summed E-state index contributed by atoms with van der Waals surface area (Å²) in [7, 11) is 0.505. The highest BCUT2D eigenvalue weighted by Crippen LogP contribution is 2.41. The van der Waals surface area contributed by atoms with Crippen molar-refractivity contribution in [3.05, 3.63) is 76.9 Å². The van der Waals surface area contributed by atoms with Crippen LogP contribution in [0.3, 0.4) is 0 Å². The Hall–Kier alpha value is -4.78. The zero-order valence-electron chi connectivity index (χ0n) is 27.2. The minimum absolute atomic E-state index is 0.0991. The third kappa shape index (κ3) is 6.57. The Morgan fingerprint density at radius 1 is 0.936 bits per heavy atom. The fraction of sp³-hybridized carbons (Fsp3) is 0.382. The van der Waals surface area contributed by atoms with E-state index in [1.54, 1.807) is 49.1 Å². The quantitative estimate of drug-likeness (QED) is 0.259. The summed E-state index contributed by atoms with van der Waals surface area (Å²) in [5, 5.41) is 8.14. The summed E-state index contributed by atoms with van der Waals surface area (Å²) in [5.41, 5.74) is 3.28. The molecule has 0 bridgehead atoms. The fourth-order valence-electron chi connectivity index (χ4n) is 6.15. The monoisotopic (exact) mass is 664 g/mol. The molecule has 2 unspecified atom stereocenters. The molecule has 250 valence electrons. The molecule has 12 nitrogen and oxygen atoms in total. The fourth-order valence-corrected chi connectivity index (χ4v) is 7.44. The summed E-state index contributed by atoms with van der Waals surface area (Å²) in [6, 6.07) is 13.5. The van der Waals surface area contributed by atoms with Gasteiger partial charge >= 0.3 is 6.09 Å². The number of anilines is 2.